The van der Waals surface area contributed by atoms with Gasteiger partial charge < -0.3 is 15.3 Å². The van der Waals surface area contributed by atoms with Crippen molar-refractivity contribution < 1.29 is 14.3 Å². The van der Waals surface area contributed by atoms with Gasteiger partial charge in [0.15, 0.2) is 0 Å². The van der Waals surface area contributed by atoms with E-state index in [0.29, 0.717) is 0 Å². The molecule has 0 aromatic carbocycles. The summed E-state index contributed by atoms with van der Waals surface area (Å²) < 4.78 is 5.14. The van der Waals surface area contributed by atoms with Crippen LogP contribution in [-0.2, 0) is 11.2 Å². The van der Waals surface area contributed by atoms with E-state index in [4.69, 9.17) is 15.3 Å². The van der Waals surface area contributed by atoms with Crippen LogP contribution in [0.2, 0.25) is 0 Å². The molecule has 0 spiro atoms. The van der Waals surface area contributed by atoms with Crippen molar-refractivity contribution in [2.75, 3.05) is 0 Å². The number of furan rings is 1. The van der Waals surface area contributed by atoms with Gasteiger partial charge in [0, 0.05) is 18.0 Å². The first-order valence-corrected chi connectivity index (χ1v) is 4.18. The van der Waals surface area contributed by atoms with E-state index < -0.39 is 12.0 Å². The minimum Gasteiger partial charge on any atom is -0.481 e. The summed E-state index contributed by atoms with van der Waals surface area (Å²) in [7, 11) is 0. The van der Waals surface area contributed by atoms with Crippen LogP contribution in [0.15, 0.2) is 16.7 Å². The van der Waals surface area contributed by atoms with Gasteiger partial charge in [0.05, 0.1) is 12.7 Å². The summed E-state index contributed by atoms with van der Waals surface area (Å²) in [4.78, 5) is 10.4. The molecule has 1 aromatic rings. The molecule has 0 bridgehead atoms. The molecule has 1 aromatic heterocycles. The number of nitrogens with two attached hydrogens (primary N) is 1. The van der Waals surface area contributed by atoms with E-state index in [0.717, 1.165) is 17.7 Å². The zero-order chi connectivity index (χ0) is 9.84. The fourth-order valence-corrected chi connectivity index (χ4v) is 1.27. The van der Waals surface area contributed by atoms with Crippen molar-refractivity contribution in [1.29, 1.82) is 0 Å². The summed E-state index contributed by atoms with van der Waals surface area (Å²) in [5.41, 5.74) is 6.47. The summed E-state index contributed by atoms with van der Waals surface area (Å²) in [6.07, 6.45) is 2.21. The maximum Gasteiger partial charge on any atom is 0.305 e. The highest BCUT2D eigenvalue weighted by atomic mass is 16.4. The second kappa shape index (κ2) is 4.09. The number of rotatable bonds is 4. The summed E-state index contributed by atoms with van der Waals surface area (Å²) in [6, 6.07) is 1.26. The van der Waals surface area contributed by atoms with Crippen molar-refractivity contribution in [1.82, 2.24) is 0 Å². The van der Waals surface area contributed by atoms with Crippen molar-refractivity contribution in [2.24, 2.45) is 5.73 Å². The van der Waals surface area contributed by atoms with Gasteiger partial charge in [0.1, 0.15) is 5.76 Å². The van der Waals surface area contributed by atoms with Gasteiger partial charge in [-0.15, -0.1) is 0 Å². The molecule has 72 valence electrons. The Hall–Kier alpha value is -1.29. The van der Waals surface area contributed by atoms with Crippen LogP contribution in [0.4, 0.5) is 0 Å². The quantitative estimate of drug-likeness (QED) is 0.738. The number of carboxylic acid groups (broad SMARTS) is 1. The average Bonchev–Trinajstić information content (AvgIpc) is 2.49. The van der Waals surface area contributed by atoms with Crippen LogP contribution < -0.4 is 5.73 Å². The van der Waals surface area contributed by atoms with E-state index in [-0.39, 0.29) is 6.42 Å². The van der Waals surface area contributed by atoms with Crippen LogP contribution in [0.3, 0.4) is 0 Å². The van der Waals surface area contributed by atoms with Gasteiger partial charge in [-0.2, -0.15) is 0 Å². The Labute approximate surface area is 76.3 Å². The third-order valence-electron chi connectivity index (χ3n) is 1.89. The first kappa shape index (κ1) is 9.80. The largest absolute Gasteiger partial charge is 0.481 e. The van der Waals surface area contributed by atoms with Crippen molar-refractivity contribution in [3.63, 3.8) is 0 Å². The molecule has 3 N–H and O–H groups in total. The predicted octanol–water partition coefficient (Wildman–Crippen LogP) is 1.32. The molecule has 4 nitrogen and oxygen atoms in total. The Morgan fingerprint density at radius 2 is 2.46 bits per heavy atom. The van der Waals surface area contributed by atoms with Crippen LogP contribution in [0.25, 0.3) is 0 Å². The summed E-state index contributed by atoms with van der Waals surface area (Å²) in [5.74, 6) is -0.121. The van der Waals surface area contributed by atoms with E-state index in [9.17, 15) is 4.79 Å². The number of aliphatic carboxylic acids is 1. The molecule has 4 heteroatoms. The molecular weight excluding hydrogens is 170 g/mol. The molecule has 1 rings (SSSR count). The molecule has 1 unspecified atom stereocenters. The molecule has 0 aliphatic rings. The highest BCUT2D eigenvalue weighted by molar-refractivity contribution is 5.67. The lowest BCUT2D eigenvalue weighted by Crippen LogP contribution is -2.15. The highest BCUT2D eigenvalue weighted by Gasteiger charge is 2.15. The molecule has 0 saturated heterocycles. The number of hydrogen-bond acceptors (Lipinski definition) is 3. The highest BCUT2D eigenvalue weighted by Crippen LogP contribution is 2.20. The van der Waals surface area contributed by atoms with E-state index in [2.05, 4.69) is 0 Å². The summed E-state index contributed by atoms with van der Waals surface area (Å²) in [6.45, 7) is 1.94. The third kappa shape index (κ3) is 2.32. The second-order valence-electron chi connectivity index (χ2n) is 2.86. The van der Waals surface area contributed by atoms with Gasteiger partial charge in [-0.1, -0.05) is 6.92 Å². The zero-order valence-electron chi connectivity index (χ0n) is 7.49. The van der Waals surface area contributed by atoms with Gasteiger partial charge in [0.2, 0.25) is 0 Å². The van der Waals surface area contributed by atoms with Crippen LogP contribution in [0.5, 0.6) is 0 Å². The number of carboxylic acids is 1. The molecule has 0 saturated carbocycles. The van der Waals surface area contributed by atoms with Gasteiger partial charge in [-0.05, 0) is 6.07 Å². The Morgan fingerprint density at radius 1 is 1.77 bits per heavy atom. The number of aryl methyl sites for hydroxylation is 1. The van der Waals surface area contributed by atoms with Gasteiger partial charge >= 0.3 is 5.97 Å². The lowest BCUT2D eigenvalue weighted by atomic mass is 10.0. The Bertz CT molecular complexity index is 293. The van der Waals surface area contributed by atoms with Crippen molar-refractivity contribution in [2.45, 2.75) is 25.8 Å². The molecule has 13 heavy (non-hydrogen) atoms. The Kier molecular flexibility index (Phi) is 3.08. The van der Waals surface area contributed by atoms with Crippen LogP contribution in [0, 0.1) is 0 Å². The zero-order valence-corrected chi connectivity index (χ0v) is 7.49. The summed E-state index contributed by atoms with van der Waals surface area (Å²) in [5, 5.41) is 8.54. The molecule has 0 amide bonds. The third-order valence-corrected chi connectivity index (χ3v) is 1.89. The van der Waals surface area contributed by atoms with Crippen molar-refractivity contribution in [3.8, 4) is 0 Å². The molecule has 1 atom stereocenters. The van der Waals surface area contributed by atoms with Crippen molar-refractivity contribution in [3.05, 3.63) is 23.7 Å². The van der Waals surface area contributed by atoms with Crippen molar-refractivity contribution >= 4 is 5.97 Å². The average molecular weight is 183 g/mol. The van der Waals surface area contributed by atoms with Gasteiger partial charge in [-0.3, -0.25) is 4.79 Å². The Morgan fingerprint density at radius 3 is 3.00 bits per heavy atom. The molecule has 0 radical (unpaired) electrons. The minimum atomic E-state index is -0.893. The smallest absolute Gasteiger partial charge is 0.305 e. The van der Waals surface area contributed by atoms with E-state index >= 15 is 0 Å². The van der Waals surface area contributed by atoms with Gasteiger partial charge in [-0.25, -0.2) is 0 Å². The number of hydrogen-bond donors (Lipinski definition) is 2. The topological polar surface area (TPSA) is 76.5 Å². The van der Waals surface area contributed by atoms with Crippen LogP contribution >= 0.6 is 0 Å². The van der Waals surface area contributed by atoms with E-state index in [1.165, 1.54) is 6.26 Å². The lowest BCUT2D eigenvalue weighted by Gasteiger charge is -2.07. The predicted molar refractivity (Wildman–Crippen MR) is 47.3 cm³/mol. The SMILES string of the molecule is CCc1occc1C(N)CC(=O)O. The number of carbonyl (C=O) groups is 1. The molecule has 0 aliphatic heterocycles. The van der Waals surface area contributed by atoms with E-state index in [1.807, 2.05) is 6.92 Å². The van der Waals surface area contributed by atoms with Gasteiger partial charge in [0.25, 0.3) is 0 Å². The minimum absolute atomic E-state index is 0.0630. The maximum absolute atomic E-state index is 10.4. The summed E-state index contributed by atoms with van der Waals surface area (Å²) >= 11 is 0. The fraction of sp³-hybridized carbons (Fsp3) is 0.444. The lowest BCUT2D eigenvalue weighted by molar-refractivity contribution is -0.137. The van der Waals surface area contributed by atoms with Crippen LogP contribution in [0.1, 0.15) is 30.7 Å². The molecule has 1 heterocycles. The fourth-order valence-electron chi connectivity index (χ4n) is 1.27. The maximum atomic E-state index is 10.4. The monoisotopic (exact) mass is 183 g/mol. The molecular formula is C9H13NO3. The first-order valence-electron chi connectivity index (χ1n) is 4.18. The van der Waals surface area contributed by atoms with E-state index in [1.54, 1.807) is 6.07 Å². The standard InChI is InChI=1S/C9H13NO3/c1-2-8-6(3-4-13-8)7(10)5-9(11)12/h3-4,7H,2,5,10H2,1H3,(H,11,12). The molecule has 0 fully saturated rings. The Balaban J connectivity index is 2.75. The first-order chi connectivity index (χ1) is 6.15. The normalized spacial score (nSPS) is 12.8. The second-order valence-corrected chi connectivity index (χ2v) is 2.86. The molecule has 0 aliphatic carbocycles. The van der Waals surface area contributed by atoms with Crippen LogP contribution in [-0.4, -0.2) is 11.1 Å².